The van der Waals surface area contributed by atoms with Crippen LogP contribution in [0.5, 0.6) is 0 Å². The lowest BCUT2D eigenvalue weighted by molar-refractivity contribution is -0.384. The summed E-state index contributed by atoms with van der Waals surface area (Å²) >= 11 is 0. The van der Waals surface area contributed by atoms with E-state index in [4.69, 9.17) is 0 Å². The summed E-state index contributed by atoms with van der Waals surface area (Å²) < 4.78 is 0. The molecule has 2 aliphatic rings. The normalized spacial score (nSPS) is 18.9. The van der Waals surface area contributed by atoms with Gasteiger partial charge in [-0.2, -0.15) is 0 Å². The van der Waals surface area contributed by atoms with Crippen LogP contribution in [0.25, 0.3) is 0 Å². The Kier molecular flexibility index (Phi) is 3.91. The first kappa shape index (κ1) is 16.3. The Labute approximate surface area is 150 Å². The van der Waals surface area contributed by atoms with Crippen LogP contribution >= 0.6 is 0 Å². The molecular formula is C19H17N3O4. The van der Waals surface area contributed by atoms with Gasteiger partial charge in [-0.1, -0.05) is 30.3 Å². The smallest absolute Gasteiger partial charge is 0.270 e. The van der Waals surface area contributed by atoms with Gasteiger partial charge in [0.15, 0.2) is 0 Å². The molecule has 2 aliphatic heterocycles. The average molecular weight is 351 g/mol. The number of carbonyl (C=O) groups excluding carboxylic acids is 2. The Bertz CT molecular complexity index is 911. The van der Waals surface area contributed by atoms with Gasteiger partial charge in [-0.25, -0.2) is 0 Å². The number of amides is 2. The maximum atomic E-state index is 12.8. The second-order valence-corrected chi connectivity index (χ2v) is 6.54. The van der Waals surface area contributed by atoms with Crippen molar-refractivity contribution in [1.82, 2.24) is 9.80 Å². The van der Waals surface area contributed by atoms with Gasteiger partial charge in [0.05, 0.1) is 11.0 Å². The molecule has 0 spiro atoms. The van der Waals surface area contributed by atoms with Crippen molar-refractivity contribution in [3.05, 3.63) is 75.3 Å². The molecule has 2 aromatic rings. The molecule has 2 amide bonds. The lowest BCUT2D eigenvalue weighted by Crippen LogP contribution is -2.55. The van der Waals surface area contributed by atoms with Gasteiger partial charge in [0.25, 0.3) is 11.6 Å². The Morgan fingerprint density at radius 1 is 1.15 bits per heavy atom. The molecule has 2 heterocycles. The third kappa shape index (κ3) is 2.71. The van der Waals surface area contributed by atoms with E-state index in [-0.39, 0.29) is 35.7 Å². The van der Waals surface area contributed by atoms with Crippen LogP contribution in [-0.4, -0.2) is 46.2 Å². The zero-order chi connectivity index (χ0) is 18.3. The maximum absolute atomic E-state index is 12.8. The number of benzene rings is 2. The molecule has 0 aliphatic carbocycles. The summed E-state index contributed by atoms with van der Waals surface area (Å²) in [7, 11) is 0. The summed E-state index contributed by atoms with van der Waals surface area (Å²) in [5, 5.41) is 10.9. The Morgan fingerprint density at radius 3 is 2.77 bits per heavy atom. The second-order valence-electron chi connectivity index (χ2n) is 6.54. The summed E-state index contributed by atoms with van der Waals surface area (Å²) in [4.78, 5) is 39.2. The minimum Gasteiger partial charge on any atom is -0.332 e. The van der Waals surface area contributed by atoms with Crippen LogP contribution in [0.15, 0.2) is 48.5 Å². The van der Waals surface area contributed by atoms with E-state index in [1.54, 1.807) is 6.07 Å². The van der Waals surface area contributed by atoms with E-state index in [2.05, 4.69) is 6.07 Å². The van der Waals surface area contributed by atoms with Gasteiger partial charge >= 0.3 is 0 Å². The van der Waals surface area contributed by atoms with Gasteiger partial charge in [0.2, 0.25) is 5.91 Å². The molecule has 26 heavy (non-hydrogen) atoms. The highest BCUT2D eigenvalue weighted by atomic mass is 16.6. The third-order valence-electron chi connectivity index (χ3n) is 5.04. The molecule has 4 rings (SSSR count). The Balaban J connectivity index is 1.63. The van der Waals surface area contributed by atoms with Gasteiger partial charge in [-0.05, 0) is 23.6 Å². The highest BCUT2D eigenvalue weighted by Crippen LogP contribution is 2.33. The molecule has 1 unspecified atom stereocenters. The van der Waals surface area contributed by atoms with Crippen molar-refractivity contribution in [1.29, 1.82) is 0 Å². The maximum Gasteiger partial charge on any atom is 0.270 e. The van der Waals surface area contributed by atoms with Gasteiger partial charge in [-0.3, -0.25) is 19.7 Å². The zero-order valence-corrected chi connectivity index (χ0v) is 14.0. The second kappa shape index (κ2) is 6.25. The molecule has 132 valence electrons. The number of hydrogen-bond donors (Lipinski definition) is 0. The Hall–Kier alpha value is -3.22. The van der Waals surface area contributed by atoms with Crippen LogP contribution in [0.4, 0.5) is 5.69 Å². The van der Waals surface area contributed by atoms with Gasteiger partial charge in [-0.15, -0.1) is 0 Å². The topological polar surface area (TPSA) is 83.8 Å². The summed E-state index contributed by atoms with van der Waals surface area (Å²) in [6.45, 7) is 1.05. The summed E-state index contributed by atoms with van der Waals surface area (Å²) in [6.07, 6.45) is 0.817. The number of nitro benzene ring substituents is 1. The first-order chi connectivity index (χ1) is 12.5. The van der Waals surface area contributed by atoms with Crippen molar-refractivity contribution in [3.8, 4) is 0 Å². The van der Waals surface area contributed by atoms with Crippen molar-refractivity contribution in [3.63, 3.8) is 0 Å². The Morgan fingerprint density at radius 2 is 1.96 bits per heavy atom. The standard InChI is InChI=1S/C19H17N3O4/c23-18-12-20(19(24)14-5-3-6-15(10-14)22(25)26)11-17-16-7-2-1-4-13(16)8-9-21(17)18/h1-7,10,17H,8-9,11-12H2. The summed E-state index contributed by atoms with van der Waals surface area (Å²) in [5.41, 5.74) is 2.36. The van der Waals surface area contributed by atoms with Crippen molar-refractivity contribution >= 4 is 17.5 Å². The first-order valence-corrected chi connectivity index (χ1v) is 8.45. The molecule has 0 aromatic heterocycles. The highest BCUT2D eigenvalue weighted by molar-refractivity contribution is 5.97. The van der Waals surface area contributed by atoms with E-state index >= 15 is 0 Å². The van der Waals surface area contributed by atoms with E-state index in [9.17, 15) is 19.7 Å². The van der Waals surface area contributed by atoms with Crippen LogP contribution < -0.4 is 0 Å². The molecule has 0 bridgehead atoms. The van der Waals surface area contributed by atoms with E-state index in [0.29, 0.717) is 13.1 Å². The minimum atomic E-state index is -0.531. The molecule has 0 radical (unpaired) electrons. The van der Waals surface area contributed by atoms with E-state index in [0.717, 1.165) is 12.0 Å². The number of non-ortho nitro benzene ring substituents is 1. The van der Waals surface area contributed by atoms with Crippen molar-refractivity contribution < 1.29 is 14.5 Å². The van der Waals surface area contributed by atoms with Crippen LogP contribution in [0.1, 0.15) is 27.5 Å². The highest BCUT2D eigenvalue weighted by Gasteiger charge is 2.38. The number of rotatable bonds is 2. The lowest BCUT2D eigenvalue weighted by Gasteiger charge is -2.44. The lowest BCUT2D eigenvalue weighted by atomic mass is 9.90. The molecular weight excluding hydrogens is 334 g/mol. The molecule has 2 aromatic carbocycles. The van der Waals surface area contributed by atoms with Crippen LogP contribution in [0.3, 0.4) is 0 Å². The summed E-state index contributed by atoms with van der Waals surface area (Å²) in [5.74, 6) is -0.445. The first-order valence-electron chi connectivity index (χ1n) is 8.45. The molecule has 7 heteroatoms. The molecule has 7 nitrogen and oxygen atoms in total. The third-order valence-corrected chi connectivity index (χ3v) is 5.04. The fraction of sp³-hybridized carbons (Fsp3) is 0.263. The average Bonchev–Trinajstić information content (AvgIpc) is 2.67. The van der Waals surface area contributed by atoms with Crippen molar-refractivity contribution in [2.75, 3.05) is 19.6 Å². The van der Waals surface area contributed by atoms with Gasteiger partial charge in [0, 0.05) is 30.8 Å². The number of nitro groups is 1. The molecule has 0 N–H and O–H groups in total. The van der Waals surface area contributed by atoms with Crippen LogP contribution in [0, 0.1) is 10.1 Å². The van der Waals surface area contributed by atoms with Crippen molar-refractivity contribution in [2.24, 2.45) is 0 Å². The number of carbonyl (C=O) groups is 2. The number of piperazine rings is 1. The fourth-order valence-corrected chi connectivity index (χ4v) is 3.76. The van der Waals surface area contributed by atoms with Gasteiger partial charge in [0.1, 0.15) is 6.54 Å². The zero-order valence-electron chi connectivity index (χ0n) is 14.0. The SMILES string of the molecule is O=C(c1cccc([N+](=O)[O-])c1)N1CC(=O)N2CCc3ccccc3C2C1. The van der Waals surface area contributed by atoms with E-state index < -0.39 is 4.92 Å². The van der Waals surface area contributed by atoms with Crippen LogP contribution in [0.2, 0.25) is 0 Å². The molecule has 1 atom stereocenters. The fourth-order valence-electron chi connectivity index (χ4n) is 3.76. The van der Waals surface area contributed by atoms with E-state index in [1.165, 1.54) is 28.7 Å². The van der Waals surface area contributed by atoms with E-state index in [1.807, 2.05) is 23.1 Å². The molecule has 1 saturated heterocycles. The summed E-state index contributed by atoms with van der Waals surface area (Å²) in [6, 6.07) is 13.4. The number of hydrogen-bond acceptors (Lipinski definition) is 4. The minimum absolute atomic E-state index is 0.000191. The largest absolute Gasteiger partial charge is 0.332 e. The van der Waals surface area contributed by atoms with Gasteiger partial charge < -0.3 is 9.80 Å². The number of fused-ring (bicyclic) bond motifs is 3. The monoisotopic (exact) mass is 351 g/mol. The predicted molar refractivity (Wildman–Crippen MR) is 93.6 cm³/mol. The quantitative estimate of drug-likeness (QED) is 0.613. The molecule has 0 saturated carbocycles. The van der Waals surface area contributed by atoms with Crippen LogP contribution in [-0.2, 0) is 11.2 Å². The van der Waals surface area contributed by atoms with Crippen molar-refractivity contribution in [2.45, 2.75) is 12.5 Å². The predicted octanol–water partition coefficient (Wildman–Crippen LogP) is 2.18. The number of nitrogens with zero attached hydrogens (tertiary/aromatic N) is 3. The molecule has 1 fully saturated rings.